The molecule has 0 spiro atoms. The van der Waals surface area contributed by atoms with E-state index in [9.17, 15) is 13.2 Å². The van der Waals surface area contributed by atoms with Gasteiger partial charge in [0.25, 0.3) is 5.91 Å². The van der Waals surface area contributed by atoms with Gasteiger partial charge in [-0.05, 0) is 24.6 Å². The first kappa shape index (κ1) is 16.3. The van der Waals surface area contributed by atoms with Crippen LogP contribution in [0.4, 0.5) is 0 Å². The number of hydrogen-bond donors (Lipinski definition) is 0. The van der Waals surface area contributed by atoms with Crippen LogP contribution in [-0.4, -0.2) is 43.3 Å². The van der Waals surface area contributed by atoms with Gasteiger partial charge in [0.1, 0.15) is 0 Å². The maximum absolute atomic E-state index is 12.6. The summed E-state index contributed by atoms with van der Waals surface area (Å²) in [6.45, 7) is 3.89. The lowest BCUT2D eigenvalue weighted by Crippen LogP contribution is -2.41. The first-order chi connectivity index (χ1) is 9.84. The van der Waals surface area contributed by atoms with Gasteiger partial charge in [0.2, 0.25) is 0 Å². The molecule has 114 valence electrons. The number of sulfone groups is 1. The van der Waals surface area contributed by atoms with E-state index in [0.717, 1.165) is 0 Å². The molecule has 21 heavy (non-hydrogen) atoms. The third-order valence-corrected chi connectivity index (χ3v) is 5.71. The SMILES string of the molecule is C=CCN(C(=O)c1cc(Cl)ccc1Cl)[C@H]1CCS(=O)(=O)C1. The van der Waals surface area contributed by atoms with Crippen LogP contribution in [0.15, 0.2) is 30.9 Å². The second-order valence-corrected chi connectivity index (χ2v) is 8.00. The van der Waals surface area contributed by atoms with E-state index in [1.807, 2.05) is 0 Å². The Hall–Kier alpha value is -1.04. The molecule has 0 N–H and O–H groups in total. The molecule has 1 atom stereocenters. The van der Waals surface area contributed by atoms with Gasteiger partial charge in [-0.25, -0.2) is 8.42 Å². The molecule has 0 unspecified atom stereocenters. The Labute approximate surface area is 134 Å². The number of rotatable bonds is 4. The third-order valence-electron chi connectivity index (χ3n) is 3.39. The van der Waals surface area contributed by atoms with Gasteiger partial charge in [0, 0.05) is 17.6 Å². The van der Waals surface area contributed by atoms with E-state index in [1.54, 1.807) is 18.2 Å². The van der Waals surface area contributed by atoms with Gasteiger partial charge >= 0.3 is 0 Å². The molecule has 1 amide bonds. The van der Waals surface area contributed by atoms with Crippen LogP contribution < -0.4 is 0 Å². The predicted octanol–water partition coefficient (Wildman–Crippen LogP) is 2.81. The van der Waals surface area contributed by atoms with E-state index in [0.29, 0.717) is 16.5 Å². The number of carbonyl (C=O) groups is 1. The molecule has 1 heterocycles. The van der Waals surface area contributed by atoms with Crippen molar-refractivity contribution in [3.8, 4) is 0 Å². The lowest BCUT2D eigenvalue weighted by atomic mass is 10.1. The van der Waals surface area contributed by atoms with Crippen LogP contribution in [0, 0.1) is 0 Å². The minimum absolute atomic E-state index is 0.0231. The van der Waals surface area contributed by atoms with Gasteiger partial charge in [-0.15, -0.1) is 6.58 Å². The normalized spacial score (nSPS) is 20.2. The van der Waals surface area contributed by atoms with Crippen LogP contribution in [0.25, 0.3) is 0 Å². The second kappa shape index (κ2) is 6.38. The lowest BCUT2D eigenvalue weighted by molar-refractivity contribution is 0.0721. The number of halogens is 2. The van der Waals surface area contributed by atoms with Gasteiger partial charge in [0.05, 0.1) is 22.1 Å². The molecule has 4 nitrogen and oxygen atoms in total. The number of nitrogens with zero attached hydrogens (tertiary/aromatic N) is 1. The molecule has 1 aliphatic rings. The van der Waals surface area contributed by atoms with Crippen molar-refractivity contribution in [2.24, 2.45) is 0 Å². The molecule has 1 saturated heterocycles. The lowest BCUT2D eigenvalue weighted by Gasteiger charge is -2.27. The summed E-state index contributed by atoms with van der Waals surface area (Å²) >= 11 is 12.0. The maximum atomic E-state index is 12.6. The van der Waals surface area contributed by atoms with Crippen molar-refractivity contribution < 1.29 is 13.2 Å². The van der Waals surface area contributed by atoms with Gasteiger partial charge < -0.3 is 4.90 Å². The molecule has 2 rings (SSSR count). The molecule has 0 aliphatic carbocycles. The standard InChI is InChI=1S/C14H15Cl2NO3S/c1-2-6-17(11-5-7-21(19,20)9-11)14(18)12-8-10(15)3-4-13(12)16/h2-4,8,11H,1,5-7,9H2/t11-/m0/s1. The highest BCUT2D eigenvalue weighted by molar-refractivity contribution is 7.91. The summed E-state index contributed by atoms with van der Waals surface area (Å²) in [5, 5.41) is 0.694. The van der Waals surface area contributed by atoms with E-state index < -0.39 is 9.84 Å². The Bertz CT molecular complexity index is 673. The summed E-state index contributed by atoms with van der Waals surface area (Å²) in [4.78, 5) is 14.1. The zero-order valence-electron chi connectivity index (χ0n) is 11.3. The number of benzene rings is 1. The second-order valence-electron chi connectivity index (χ2n) is 4.93. The highest BCUT2D eigenvalue weighted by Crippen LogP contribution is 2.25. The fraction of sp³-hybridized carbons (Fsp3) is 0.357. The van der Waals surface area contributed by atoms with Crippen LogP contribution in [0.1, 0.15) is 16.8 Å². The molecular weight excluding hydrogens is 333 g/mol. The van der Waals surface area contributed by atoms with E-state index in [2.05, 4.69) is 6.58 Å². The zero-order valence-corrected chi connectivity index (χ0v) is 13.6. The zero-order chi connectivity index (χ0) is 15.6. The Balaban J connectivity index is 2.32. The van der Waals surface area contributed by atoms with Gasteiger partial charge in [0.15, 0.2) is 9.84 Å². The van der Waals surface area contributed by atoms with E-state index in [1.165, 1.54) is 11.0 Å². The molecule has 0 aromatic heterocycles. The van der Waals surface area contributed by atoms with Crippen LogP contribution in [-0.2, 0) is 9.84 Å². The highest BCUT2D eigenvalue weighted by atomic mass is 35.5. The van der Waals surface area contributed by atoms with Gasteiger partial charge in [-0.1, -0.05) is 29.3 Å². The molecule has 1 aromatic carbocycles. The van der Waals surface area contributed by atoms with Gasteiger partial charge in [-0.3, -0.25) is 4.79 Å². The molecule has 1 fully saturated rings. The monoisotopic (exact) mass is 347 g/mol. The number of carbonyl (C=O) groups excluding carboxylic acids is 1. The minimum atomic E-state index is -3.08. The van der Waals surface area contributed by atoms with Gasteiger partial charge in [-0.2, -0.15) is 0 Å². The summed E-state index contributed by atoms with van der Waals surface area (Å²) in [6.07, 6.45) is 2.00. The Morgan fingerprint density at radius 1 is 1.43 bits per heavy atom. The van der Waals surface area contributed by atoms with Crippen molar-refractivity contribution >= 4 is 38.9 Å². The summed E-state index contributed by atoms with van der Waals surface area (Å²) in [7, 11) is -3.08. The molecule has 0 bridgehead atoms. The van der Waals surface area contributed by atoms with Crippen LogP contribution in [0.5, 0.6) is 0 Å². The first-order valence-electron chi connectivity index (χ1n) is 6.41. The summed E-state index contributed by atoms with van der Waals surface area (Å²) < 4.78 is 23.2. The molecule has 1 aliphatic heterocycles. The summed E-state index contributed by atoms with van der Waals surface area (Å²) in [5.41, 5.74) is 0.273. The van der Waals surface area contributed by atoms with Crippen LogP contribution >= 0.6 is 23.2 Å². The Morgan fingerprint density at radius 3 is 2.71 bits per heavy atom. The Morgan fingerprint density at radius 2 is 2.14 bits per heavy atom. The first-order valence-corrected chi connectivity index (χ1v) is 8.99. The average molecular weight is 348 g/mol. The van der Waals surface area contributed by atoms with E-state index in [4.69, 9.17) is 23.2 Å². The number of amides is 1. The van der Waals surface area contributed by atoms with Crippen molar-refractivity contribution in [1.29, 1.82) is 0 Å². The molecule has 0 radical (unpaired) electrons. The van der Waals surface area contributed by atoms with Crippen molar-refractivity contribution in [2.75, 3.05) is 18.1 Å². The molecule has 1 aromatic rings. The smallest absolute Gasteiger partial charge is 0.255 e. The van der Waals surface area contributed by atoms with Crippen LogP contribution in [0.2, 0.25) is 10.0 Å². The third kappa shape index (κ3) is 3.78. The molecular formula is C14H15Cl2NO3S. The largest absolute Gasteiger partial charge is 0.331 e. The summed E-state index contributed by atoms with van der Waals surface area (Å²) in [5.74, 6) is -0.253. The van der Waals surface area contributed by atoms with Crippen molar-refractivity contribution in [3.05, 3.63) is 46.5 Å². The highest BCUT2D eigenvalue weighted by Gasteiger charge is 2.34. The quantitative estimate of drug-likeness (QED) is 0.787. The number of hydrogen-bond acceptors (Lipinski definition) is 3. The van der Waals surface area contributed by atoms with Crippen molar-refractivity contribution in [3.63, 3.8) is 0 Å². The fourth-order valence-corrected chi connectivity index (χ4v) is 4.48. The summed E-state index contributed by atoms with van der Waals surface area (Å²) in [6, 6.07) is 4.29. The van der Waals surface area contributed by atoms with E-state index in [-0.39, 0.29) is 35.6 Å². The molecule has 0 saturated carbocycles. The predicted molar refractivity (Wildman–Crippen MR) is 84.8 cm³/mol. The Kier molecular flexibility index (Phi) is 4.96. The van der Waals surface area contributed by atoms with E-state index >= 15 is 0 Å². The van der Waals surface area contributed by atoms with Crippen LogP contribution in [0.3, 0.4) is 0 Å². The maximum Gasteiger partial charge on any atom is 0.255 e. The average Bonchev–Trinajstić information content (AvgIpc) is 2.78. The van der Waals surface area contributed by atoms with Crippen molar-refractivity contribution in [1.82, 2.24) is 4.90 Å². The fourth-order valence-electron chi connectivity index (χ4n) is 2.37. The molecule has 7 heteroatoms. The van der Waals surface area contributed by atoms with Crippen molar-refractivity contribution in [2.45, 2.75) is 12.5 Å². The topological polar surface area (TPSA) is 54.5 Å². The minimum Gasteiger partial charge on any atom is -0.331 e.